The van der Waals surface area contributed by atoms with E-state index in [1.54, 1.807) is 14.2 Å². The summed E-state index contributed by atoms with van der Waals surface area (Å²) in [5, 5.41) is 22.1. The number of fused-ring (bicyclic) bond motifs is 1. The molecule has 0 unspecified atom stereocenters. The minimum absolute atomic E-state index is 0.297. The van der Waals surface area contributed by atoms with E-state index in [0.717, 1.165) is 96.3 Å². The minimum atomic E-state index is -1.16. The van der Waals surface area contributed by atoms with Gasteiger partial charge in [-0.05, 0) is 38.5 Å². The number of aliphatic hydroxyl groups is 2. The van der Waals surface area contributed by atoms with Gasteiger partial charge in [0.05, 0.1) is 13.2 Å². The molecule has 3 spiro atoms. The van der Waals surface area contributed by atoms with Crippen LogP contribution in [0.3, 0.4) is 0 Å². The zero-order valence-corrected chi connectivity index (χ0v) is 26.3. The molecule has 4 heterocycles. The van der Waals surface area contributed by atoms with Crippen LogP contribution in [0.15, 0.2) is 0 Å². The predicted octanol–water partition coefficient (Wildman–Crippen LogP) is 3.03. The molecule has 0 radical (unpaired) electrons. The number of aliphatic hydroxyl groups excluding tert-OH is 2. The van der Waals surface area contributed by atoms with Crippen LogP contribution in [0.4, 0.5) is 0 Å². The Bertz CT molecular complexity index is 944. The molecule has 0 aromatic carbocycles. The highest BCUT2D eigenvalue weighted by molar-refractivity contribution is 5.02. The van der Waals surface area contributed by atoms with Gasteiger partial charge in [0.25, 0.3) is 0 Å². The fourth-order valence-electron chi connectivity index (χ4n) is 8.72. The lowest BCUT2D eigenvalue weighted by molar-refractivity contribution is -0.317. The largest absolute Gasteiger partial charge is 0.394 e. The fraction of sp³-hybridized carbons (Fsp3) is 1.00. The average Bonchev–Trinajstić information content (AvgIpc) is 3.73. The summed E-state index contributed by atoms with van der Waals surface area (Å²) in [5.41, 5.74) is 0. The first-order chi connectivity index (χ1) is 21.4. The minimum Gasteiger partial charge on any atom is -0.394 e. The summed E-state index contributed by atoms with van der Waals surface area (Å²) in [5.74, 6) is -2.21. The summed E-state index contributed by atoms with van der Waals surface area (Å²) in [4.78, 5) is 0. The topological polar surface area (TPSA) is 133 Å². The highest BCUT2D eigenvalue weighted by atomic mass is 16.8. The highest BCUT2D eigenvalue weighted by Crippen LogP contribution is 2.48. The SMILES string of the molecule is COC(OC)[C@@H]1OC2(CCCCC2)O[C@H]1[C@H](O[C@@H]1O[C@H](CO)[C@@H]2OC3(CCCCC3)O[C@@H]2[C@H]1O)[C@H]1COC2(CCCCC2)O1. The summed E-state index contributed by atoms with van der Waals surface area (Å²) in [6, 6.07) is 0. The standard InChI is InChI=1S/C32H52O12/c1-35-29(36-2)27-26(43-32(44-27)16-10-5-11-17-32)23(21-19-37-30(40-21)12-6-3-7-13-30)39-28-22(34)25-24(20(18-33)38-28)41-31(42-25)14-8-4-9-15-31/h20-29,33-34H,3-19H2,1-2H3/t20-,21-,22-,23-,24+,25-,26+,27-,28+/m1/s1. The van der Waals surface area contributed by atoms with Crippen molar-refractivity contribution >= 4 is 0 Å². The van der Waals surface area contributed by atoms with E-state index >= 15 is 0 Å². The van der Waals surface area contributed by atoms with Gasteiger partial charge < -0.3 is 57.6 Å². The van der Waals surface area contributed by atoms with E-state index in [1.807, 2.05) is 0 Å². The molecular formula is C32H52O12. The van der Waals surface area contributed by atoms with Gasteiger partial charge in [-0.2, -0.15) is 0 Å². The molecule has 9 atom stereocenters. The molecule has 4 aliphatic heterocycles. The summed E-state index contributed by atoms with van der Waals surface area (Å²) < 4.78 is 64.1. The van der Waals surface area contributed by atoms with Gasteiger partial charge in [0.2, 0.25) is 0 Å². The van der Waals surface area contributed by atoms with E-state index in [-0.39, 0.29) is 6.61 Å². The Morgan fingerprint density at radius 3 is 1.82 bits per heavy atom. The van der Waals surface area contributed by atoms with Crippen LogP contribution < -0.4 is 0 Å². The van der Waals surface area contributed by atoms with Crippen molar-refractivity contribution in [2.24, 2.45) is 0 Å². The van der Waals surface area contributed by atoms with Gasteiger partial charge in [-0.1, -0.05) is 19.3 Å². The number of hydrogen-bond donors (Lipinski definition) is 2. The van der Waals surface area contributed by atoms with Gasteiger partial charge in [-0.15, -0.1) is 0 Å². The number of hydrogen-bond acceptors (Lipinski definition) is 12. The van der Waals surface area contributed by atoms with E-state index in [4.69, 9.17) is 47.4 Å². The van der Waals surface area contributed by atoms with Crippen LogP contribution in [-0.4, -0.2) is 116 Å². The molecule has 0 bridgehead atoms. The Hall–Kier alpha value is -0.480. The second kappa shape index (κ2) is 13.2. The Morgan fingerprint density at radius 1 is 0.682 bits per heavy atom. The number of rotatable bonds is 8. The van der Waals surface area contributed by atoms with Gasteiger partial charge in [0.15, 0.2) is 29.9 Å². The summed E-state index contributed by atoms with van der Waals surface area (Å²) >= 11 is 0. The molecule has 3 saturated carbocycles. The normalized spacial score (nSPS) is 41.9. The number of methoxy groups -OCH3 is 2. The molecule has 7 aliphatic rings. The van der Waals surface area contributed by atoms with Crippen molar-refractivity contribution in [3.05, 3.63) is 0 Å². The maximum Gasteiger partial charge on any atom is 0.187 e. The first-order valence-corrected chi connectivity index (χ1v) is 17.1. The van der Waals surface area contributed by atoms with Gasteiger partial charge >= 0.3 is 0 Å². The third-order valence-corrected chi connectivity index (χ3v) is 11.0. The van der Waals surface area contributed by atoms with Crippen LogP contribution in [0.25, 0.3) is 0 Å². The Balaban J connectivity index is 1.18. The lowest BCUT2D eigenvalue weighted by Gasteiger charge is -2.42. The van der Waals surface area contributed by atoms with Crippen LogP contribution in [0, 0.1) is 0 Å². The van der Waals surface area contributed by atoms with Crippen LogP contribution in [0.1, 0.15) is 96.3 Å². The molecule has 12 heteroatoms. The second-order valence-electron chi connectivity index (χ2n) is 13.9. The Kier molecular flexibility index (Phi) is 9.63. The maximum absolute atomic E-state index is 11.7. The smallest absolute Gasteiger partial charge is 0.187 e. The zero-order chi connectivity index (χ0) is 30.4. The van der Waals surface area contributed by atoms with Crippen LogP contribution in [0.2, 0.25) is 0 Å². The summed E-state index contributed by atoms with van der Waals surface area (Å²) in [7, 11) is 3.17. The van der Waals surface area contributed by atoms with Gasteiger partial charge in [-0.25, -0.2) is 0 Å². The molecule has 4 saturated heterocycles. The van der Waals surface area contributed by atoms with Crippen molar-refractivity contribution in [3.8, 4) is 0 Å². The molecule has 2 N–H and O–H groups in total. The van der Waals surface area contributed by atoms with Crippen molar-refractivity contribution < 1.29 is 57.6 Å². The van der Waals surface area contributed by atoms with Gasteiger partial charge in [0, 0.05) is 52.7 Å². The first-order valence-electron chi connectivity index (χ1n) is 17.1. The summed E-state index contributed by atoms with van der Waals surface area (Å²) in [6.45, 7) is 0.00407. The van der Waals surface area contributed by atoms with E-state index in [1.165, 1.54) is 0 Å². The first kappa shape index (κ1) is 32.1. The molecule has 252 valence electrons. The van der Waals surface area contributed by atoms with Gasteiger partial charge in [-0.3, -0.25) is 0 Å². The van der Waals surface area contributed by atoms with E-state index < -0.39 is 78.8 Å². The highest BCUT2D eigenvalue weighted by Gasteiger charge is 2.61. The third kappa shape index (κ3) is 6.01. The maximum atomic E-state index is 11.7. The average molecular weight is 629 g/mol. The van der Waals surface area contributed by atoms with Crippen molar-refractivity contribution in [2.45, 2.75) is 175 Å². The van der Waals surface area contributed by atoms with Crippen molar-refractivity contribution in [3.63, 3.8) is 0 Å². The molecular weight excluding hydrogens is 576 g/mol. The quantitative estimate of drug-likeness (QED) is 0.383. The molecule has 0 aromatic heterocycles. The molecule has 7 rings (SSSR count). The van der Waals surface area contributed by atoms with E-state index in [2.05, 4.69) is 0 Å². The van der Waals surface area contributed by atoms with Crippen molar-refractivity contribution in [2.75, 3.05) is 27.4 Å². The predicted molar refractivity (Wildman–Crippen MR) is 152 cm³/mol. The second-order valence-corrected chi connectivity index (χ2v) is 13.9. The van der Waals surface area contributed by atoms with Crippen molar-refractivity contribution in [1.82, 2.24) is 0 Å². The fourth-order valence-corrected chi connectivity index (χ4v) is 8.72. The Labute approximate surface area is 260 Å². The van der Waals surface area contributed by atoms with Crippen LogP contribution in [-0.2, 0) is 47.4 Å². The molecule has 7 fully saturated rings. The molecule has 12 nitrogen and oxygen atoms in total. The molecule has 3 aliphatic carbocycles. The van der Waals surface area contributed by atoms with E-state index in [9.17, 15) is 10.2 Å². The molecule has 0 amide bonds. The van der Waals surface area contributed by atoms with Crippen molar-refractivity contribution in [1.29, 1.82) is 0 Å². The Morgan fingerprint density at radius 2 is 1.23 bits per heavy atom. The molecule has 0 aromatic rings. The molecule has 44 heavy (non-hydrogen) atoms. The lowest BCUT2D eigenvalue weighted by Crippen LogP contribution is -2.61. The van der Waals surface area contributed by atoms with Crippen LogP contribution >= 0.6 is 0 Å². The van der Waals surface area contributed by atoms with Gasteiger partial charge in [0.1, 0.15) is 48.8 Å². The lowest BCUT2D eigenvalue weighted by atomic mass is 9.94. The monoisotopic (exact) mass is 628 g/mol. The van der Waals surface area contributed by atoms with Crippen LogP contribution in [0.5, 0.6) is 0 Å². The summed E-state index contributed by atoms with van der Waals surface area (Å²) in [6.07, 6.45) is 6.45. The zero-order valence-electron chi connectivity index (χ0n) is 26.3. The third-order valence-electron chi connectivity index (χ3n) is 11.0. The van der Waals surface area contributed by atoms with E-state index in [0.29, 0.717) is 6.61 Å². The number of ether oxygens (including phenoxy) is 10.